The third-order valence-electron chi connectivity index (χ3n) is 5.94. The molecule has 2 aromatic heterocycles. The van der Waals surface area contributed by atoms with E-state index in [0.717, 1.165) is 31.5 Å². The summed E-state index contributed by atoms with van der Waals surface area (Å²) in [7, 11) is 1.61. The largest absolute Gasteiger partial charge is 0.497 e. The van der Waals surface area contributed by atoms with Crippen molar-refractivity contribution >= 4 is 33.4 Å². The second-order valence-electron chi connectivity index (χ2n) is 8.62. The number of benzene rings is 1. The number of hydrogen-bond acceptors (Lipinski definition) is 6. The van der Waals surface area contributed by atoms with Crippen LogP contribution in [0.3, 0.4) is 0 Å². The lowest BCUT2D eigenvalue weighted by Gasteiger charge is -2.33. The van der Waals surface area contributed by atoms with Crippen LogP contribution < -0.4 is 20.5 Å². The van der Waals surface area contributed by atoms with Gasteiger partial charge in [-0.25, -0.2) is 9.55 Å². The average Bonchev–Trinajstić information content (AvgIpc) is 3.28. The highest BCUT2D eigenvalue weighted by Crippen LogP contribution is 2.27. The van der Waals surface area contributed by atoms with Crippen LogP contribution in [0.2, 0.25) is 0 Å². The summed E-state index contributed by atoms with van der Waals surface area (Å²) >= 11 is 1.40. The number of methoxy groups -OCH3 is 1. The van der Waals surface area contributed by atoms with Gasteiger partial charge >= 0.3 is 0 Å². The van der Waals surface area contributed by atoms with Crippen molar-refractivity contribution in [2.75, 3.05) is 31.6 Å². The Kier molecular flexibility index (Phi) is 6.79. The molecule has 0 spiro atoms. The topological polar surface area (TPSA) is 76.5 Å². The molecule has 1 amide bonds. The minimum atomic E-state index is -0.0817. The lowest BCUT2D eigenvalue weighted by atomic mass is 9.96. The van der Waals surface area contributed by atoms with E-state index in [-0.39, 0.29) is 17.4 Å². The quantitative estimate of drug-likeness (QED) is 0.587. The molecule has 0 atom stereocenters. The molecule has 0 bridgehead atoms. The molecule has 8 heteroatoms. The number of piperidine rings is 1. The summed E-state index contributed by atoms with van der Waals surface area (Å²) in [6.07, 6.45) is 2.47. The summed E-state index contributed by atoms with van der Waals surface area (Å²) in [5.74, 6) is 2.01. The van der Waals surface area contributed by atoms with Crippen molar-refractivity contribution in [2.45, 2.75) is 33.1 Å². The molecule has 1 aliphatic rings. The van der Waals surface area contributed by atoms with Crippen molar-refractivity contribution in [3.63, 3.8) is 0 Å². The smallest absolute Gasteiger partial charge is 0.277 e. The van der Waals surface area contributed by atoms with Gasteiger partial charge in [-0.05, 0) is 48.8 Å². The van der Waals surface area contributed by atoms with Crippen molar-refractivity contribution < 1.29 is 9.53 Å². The van der Waals surface area contributed by atoms with Crippen LogP contribution in [0.15, 0.2) is 40.5 Å². The van der Waals surface area contributed by atoms with Gasteiger partial charge in [-0.15, -0.1) is 11.3 Å². The lowest BCUT2D eigenvalue weighted by molar-refractivity contribution is -0.125. The Morgan fingerprint density at radius 2 is 2.06 bits per heavy atom. The number of nitrogens with one attached hydrogen (secondary N) is 1. The third kappa shape index (κ3) is 4.65. The maximum Gasteiger partial charge on any atom is 0.277 e. The Morgan fingerprint density at radius 1 is 1.28 bits per heavy atom. The number of carbonyl (C=O) groups excluding carboxylic acids is 1. The Bertz CT molecular complexity index is 1150. The summed E-state index contributed by atoms with van der Waals surface area (Å²) in [5.41, 5.74) is 1.35. The zero-order chi connectivity index (χ0) is 22.7. The number of nitrogens with zero attached hydrogens (tertiary/aromatic N) is 3. The normalized spacial score (nSPS) is 14.8. The van der Waals surface area contributed by atoms with Crippen LogP contribution >= 0.6 is 11.3 Å². The number of ether oxygens (including phenoxy) is 1. The molecule has 0 unspecified atom stereocenters. The van der Waals surface area contributed by atoms with Crippen LogP contribution in [-0.2, 0) is 4.79 Å². The summed E-state index contributed by atoms with van der Waals surface area (Å²) < 4.78 is 7.68. The molecule has 1 fully saturated rings. The highest BCUT2D eigenvalue weighted by molar-refractivity contribution is 7.17. The molecular formula is C24H30N4O3S. The summed E-state index contributed by atoms with van der Waals surface area (Å²) in [5, 5.41) is 4.97. The summed E-state index contributed by atoms with van der Waals surface area (Å²) in [6.45, 7) is 6.39. The van der Waals surface area contributed by atoms with E-state index in [0.29, 0.717) is 40.9 Å². The van der Waals surface area contributed by atoms with E-state index < -0.39 is 0 Å². The maximum atomic E-state index is 13.4. The van der Waals surface area contributed by atoms with E-state index in [1.807, 2.05) is 35.7 Å². The predicted octanol–water partition coefficient (Wildman–Crippen LogP) is 3.83. The fourth-order valence-corrected chi connectivity index (χ4v) is 4.82. The fourth-order valence-electron chi connectivity index (χ4n) is 4.07. The fraction of sp³-hybridized carbons (Fsp3) is 0.458. The molecule has 0 aliphatic carbocycles. The van der Waals surface area contributed by atoms with E-state index in [2.05, 4.69) is 24.1 Å². The average molecular weight is 455 g/mol. The van der Waals surface area contributed by atoms with E-state index in [1.54, 1.807) is 11.7 Å². The molecule has 1 aliphatic heterocycles. The number of aromatic nitrogens is 2. The van der Waals surface area contributed by atoms with Crippen molar-refractivity contribution in [2.24, 2.45) is 11.8 Å². The zero-order valence-electron chi connectivity index (χ0n) is 18.8. The van der Waals surface area contributed by atoms with Crippen LogP contribution in [0.5, 0.6) is 5.75 Å². The molecule has 3 aromatic rings. The van der Waals surface area contributed by atoms with E-state index >= 15 is 0 Å². The third-order valence-corrected chi connectivity index (χ3v) is 6.83. The van der Waals surface area contributed by atoms with Crippen LogP contribution in [-0.4, -0.2) is 42.2 Å². The number of thiophene rings is 1. The van der Waals surface area contributed by atoms with Gasteiger partial charge in [0.15, 0.2) is 0 Å². The molecular weight excluding hydrogens is 424 g/mol. The molecule has 170 valence electrons. The highest BCUT2D eigenvalue weighted by atomic mass is 32.1. The second-order valence-corrected chi connectivity index (χ2v) is 9.54. The first-order valence-electron chi connectivity index (χ1n) is 11.1. The van der Waals surface area contributed by atoms with Crippen LogP contribution in [0.1, 0.15) is 33.1 Å². The van der Waals surface area contributed by atoms with Crippen molar-refractivity contribution in [3.05, 3.63) is 46.1 Å². The van der Waals surface area contributed by atoms with Gasteiger partial charge in [-0.1, -0.05) is 19.9 Å². The number of amides is 1. The monoisotopic (exact) mass is 454 g/mol. The standard InChI is InChI=1S/C24H30N4O3S/c1-16(2)7-11-25-22(29)17-8-12-27(13-9-17)24-26-20-10-14-32-21(20)23(30)28(24)18-5-4-6-19(15-18)31-3/h4-6,10,14-17H,7-9,11-13H2,1-3H3,(H,25,29). The molecule has 4 rings (SSSR count). The molecule has 0 radical (unpaired) electrons. The first kappa shape index (κ1) is 22.3. The van der Waals surface area contributed by atoms with Gasteiger partial charge in [-0.2, -0.15) is 0 Å². The van der Waals surface area contributed by atoms with Gasteiger partial charge in [-0.3, -0.25) is 9.59 Å². The second kappa shape index (κ2) is 9.73. The number of hydrogen-bond donors (Lipinski definition) is 1. The first-order valence-corrected chi connectivity index (χ1v) is 12.0. The van der Waals surface area contributed by atoms with Gasteiger partial charge < -0.3 is 15.0 Å². The molecule has 1 aromatic carbocycles. The number of rotatable bonds is 7. The van der Waals surface area contributed by atoms with E-state index in [1.165, 1.54) is 11.3 Å². The molecule has 1 saturated heterocycles. The van der Waals surface area contributed by atoms with Gasteiger partial charge in [0, 0.05) is 31.6 Å². The summed E-state index contributed by atoms with van der Waals surface area (Å²) in [4.78, 5) is 32.9. The maximum absolute atomic E-state index is 13.4. The first-order chi connectivity index (χ1) is 15.5. The van der Waals surface area contributed by atoms with E-state index in [9.17, 15) is 9.59 Å². The van der Waals surface area contributed by atoms with Crippen LogP contribution in [0.25, 0.3) is 15.9 Å². The molecule has 32 heavy (non-hydrogen) atoms. The highest BCUT2D eigenvalue weighted by Gasteiger charge is 2.28. The van der Waals surface area contributed by atoms with Crippen molar-refractivity contribution in [3.8, 4) is 11.4 Å². The zero-order valence-corrected chi connectivity index (χ0v) is 19.7. The van der Waals surface area contributed by atoms with Crippen LogP contribution in [0.4, 0.5) is 5.95 Å². The Hall–Kier alpha value is -2.87. The van der Waals surface area contributed by atoms with Gasteiger partial charge in [0.05, 0.1) is 18.3 Å². The lowest BCUT2D eigenvalue weighted by Crippen LogP contribution is -2.43. The molecule has 7 nitrogen and oxygen atoms in total. The molecule has 3 heterocycles. The van der Waals surface area contributed by atoms with Gasteiger partial charge in [0.1, 0.15) is 10.4 Å². The minimum absolute atomic E-state index is 0.000261. The SMILES string of the molecule is COc1cccc(-n2c(N3CCC(C(=O)NCCC(C)C)CC3)nc3ccsc3c2=O)c1. The molecule has 1 N–H and O–H groups in total. The van der Waals surface area contributed by atoms with Gasteiger partial charge in [0.2, 0.25) is 11.9 Å². The predicted molar refractivity (Wildman–Crippen MR) is 129 cm³/mol. The Labute approximate surface area is 192 Å². The van der Waals surface area contributed by atoms with Crippen molar-refractivity contribution in [1.82, 2.24) is 14.9 Å². The Morgan fingerprint density at radius 3 is 2.78 bits per heavy atom. The summed E-state index contributed by atoms with van der Waals surface area (Å²) in [6, 6.07) is 9.35. The van der Waals surface area contributed by atoms with Gasteiger partial charge in [0.25, 0.3) is 5.56 Å². The minimum Gasteiger partial charge on any atom is -0.497 e. The Balaban J connectivity index is 1.59. The van der Waals surface area contributed by atoms with Crippen LogP contribution in [0, 0.1) is 11.8 Å². The van der Waals surface area contributed by atoms with Crippen molar-refractivity contribution in [1.29, 1.82) is 0 Å². The van der Waals surface area contributed by atoms with E-state index in [4.69, 9.17) is 9.72 Å². The molecule has 0 saturated carbocycles. The number of carbonyl (C=O) groups is 1. The number of anilines is 1. The number of fused-ring (bicyclic) bond motifs is 1.